The molecular weight excluding hydrogens is 793 g/mol. The number of furan rings is 1. The Balaban J connectivity index is 0.958. The highest BCUT2D eigenvalue weighted by molar-refractivity contribution is 6.16. The first kappa shape index (κ1) is 37.4. The van der Waals surface area contributed by atoms with E-state index in [-0.39, 0.29) is 5.41 Å². The van der Waals surface area contributed by atoms with Gasteiger partial charge in [-0.2, -0.15) is 0 Å². The maximum absolute atomic E-state index is 7.08. The fourth-order valence-corrected chi connectivity index (χ4v) is 10.5. The third-order valence-electron chi connectivity index (χ3n) is 13.7. The monoisotopic (exact) mass is 834 g/mol. The maximum Gasteiger partial charge on any atom is 0.164 e. The Hall–Kier alpha value is -8.15. The fourth-order valence-electron chi connectivity index (χ4n) is 10.5. The Bertz CT molecular complexity index is 3790. The van der Waals surface area contributed by atoms with Gasteiger partial charge in [-0.15, -0.1) is 0 Å². The van der Waals surface area contributed by atoms with Crippen LogP contribution in [-0.4, -0.2) is 19.5 Å². The van der Waals surface area contributed by atoms with E-state index in [1.807, 2.05) is 30.3 Å². The Kier molecular flexibility index (Phi) is 8.31. The Morgan fingerprint density at radius 1 is 0.446 bits per heavy atom. The largest absolute Gasteiger partial charge is 0.455 e. The van der Waals surface area contributed by atoms with E-state index in [0.717, 1.165) is 79.4 Å². The summed E-state index contributed by atoms with van der Waals surface area (Å²) in [6.07, 6.45) is 8.52. The van der Waals surface area contributed by atoms with Crippen LogP contribution < -0.4 is 0 Å². The van der Waals surface area contributed by atoms with Gasteiger partial charge in [0, 0.05) is 60.5 Å². The molecule has 0 saturated carbocycles. The van der Waals surface area contributed by atoms with E-state index >= 15 is 0 Å². The quantitative estimate of drug-likeness (QED) is 0.167. The Morgan fingerprint density at radius 2 is 1.06 bits per heavy atom. The normalized spacial score (nSPS) is 14.0. The number of fused-ring (bicyclic) bond motifs is 9. The molecule has 0 bridgehead atoms. The number of allylic oxidation sites excluding steroid dienone is 4. The number of para-hydroxylation sites is 3. The minimum absolute atomic E-state index is 0.104. The molecule has 5 nitrogen and oxygen atoms in total. The molecular formula is C60H42N4O. The average molecular weight is 835 g/mol. The molecule has 308 valence electrons. The van der Waals surface area contributed by atoms with Crippen molar-refractivity contribution in [1.29, 1.82) is 0 Å². The zero-order valence-electron chi connectivity index (χ0n) is 36.1. The minimum atomic E-state index is -0.104. The standard InChI is InChI=1S/C60H42N4O/c1-60(2)51-30-13-12-25-45(51)48-35-50-49-34-40(31-32-53(49)64(54(50)36-52(48)60)42-23-10-5-11-24-42)44-27-16-29-47-46-28-15-26-43(55(46)65-56(44)47)39-21-14-22-41(33-39)59-62-57(37-17-6-3-7-18-37)61-58(63-59)38-19-8-4-9-20-38/h3,5-8,10-36H,4,9H2,1-2H3. The smallest absolute Gasteiger partial charge is 0.164 e. The van der Waals surface area contributed by atoms with E-state index < -0.39 is 0 Å². The van der Waals surface area contributed by atoms with Gasteiger partial charge < -0.3 is 8.98 Å². The highest BCUT2D eigenvalue weighted by atomic mass is 16.3. The van der Waals surface area contributed by atoms with Crippen LogP contribution in [0.4, 0.5) is 0 Å². The Morgan fingerprint density at radius 3 is 1.82 bits per heavy atom. The number of nitrogens with zero attached hydrogens (tertiary/aromatic N) is 4. The molecule has 5 heteroatoms. The summed E-state index contributed by atoms with van der Waals surface area (Å²) < 4.78 is 9.51. The van der Waals surface area contributed by atoms with Crippen molar-refractivity contribution in [3.63, 3.8) is 0 Å². The van der Waals surface area contributed by atoms with Gasteiger partial charge >= 0.3 is 0 Å². The van der Waals surface area contributed by atoms with Crippen LogP contribution in [0.15, 0.2) is 199 Å². The molecule has 0 atom stereocenters. The summed E-state index contributed by atoms with van der Waals surface area (Å²) in [5.41, 5.74) is 17.7. The van der Waals surface area contributed by atoms with E-state index in [0.29, 0.717) is 17.5 Å². The SMILES string of the molecule is CC1(C)c2ccccc2-c2cc3c4cc(-c5cccc6c5oc5c(-c7cccc(-c8nc(C9=CCCC=C9)nc(-c9ccccc9)n8)c7)cccc56)ccc4n(-c4ccccc4)c3cc21. The van der Waals surface area contributed by atoms with Crippen molar-refractivity contribution in [3.05, 3.63) is 211 Å². The van der Waals surface area contributed by atoms with Gasteiger partial charge in [0.2, 0.25) is 0 Å². The average Bonchev–Trinajstić information content (AvgIpc) is 3.99. The molecule has 0 radical (unpaired) electrons. The van der Waals surface area contributed by atoms with Gasteiger partial charge in [0.05, 0.1) is 11.0 Å². The second-order valence-electron chi connectivity index (χ2n) is 17.8. The molecule has 3 aromatic heterocycles. The van der Waals surface area contributed by atoms with Crippen molar-refractivity contribution in [2.75, 3.05) is 0 Å². The summed E-state index contributed by atoms with van der Waals surface area (Å²) >= 11 is 0. The molecule has 0 fully saturated rings. The first-order chi connectivity index (χ1) is 32.0. The lowest BCUT2D eigenvalue weighted by Crippen LogP contribution is -2.14. The van der Waals surface area contributed by atoms with Crippen LogP contribution in [0, 0.1) is 0 Å². The van der Waals surface area contributed by atoms with Crippen molar-refractivity contribution in [2.45, 2.75) is 32.1 Å². The second kappa shape index (κ2) is 14.4. The molecule has 0 saturated heterocycles. The molecule has 11 aromatic rings. The lowest BCUT2D eigenvalue weighted by atomic mass is 9.82. The molecule has 0 unspecified atom stereocenters. The number of hydrogen-bond donors (Lipinski definition) is 0. The van der Waals surface area contributed by atoms with Gasteiger partial charge in [-0.1, -0.05) is 166 Å². The zero-order chi connectivity index (χ0) is 43.2. The molecule has 8 aromatic carbocycles. The molecule has 3 heterocycles. The predicted molar refractivity (Wildman–Crippen MR) is 267 cm³/mol. The minimum Gasteiger partial charge on any atom is -0.455 e. The van der Waals surface area contributed by atoms with Crippen LogP contribution in [0.3, 0.4) is 0 Å². The number of rotatable bonds is 6. The zero-order valence-corrected chi connectivity index (χ0v) is 36.1. The molecule has 0 N–H and O–H groups in total. The third-order valence-corrected chi connectivity index (χ3v) is 13.7. The van der Waals surface area contributed by atoms with Crippen LogP contribution in [0.1, 0.15) is 43.6 Å². The molecule has 2 aliphatic rings. The second-order valence-corrected chi connectivity index (χ2v) is 17.8. The summed E-state index contributed by atoms with van der Waals surface area (Å²) in [6, 6.07) is 63.1. The van der Waals surface area contributed by atoms with Gasteiger partial charge in [-0.05, 0) is 88.7 Å². The van der Waals surface area contributed by atoms with E-state index in [9.17, 15) is 0 Å². The summed E-state index contributed by atoms with van der Waals surface area (Å²) in [5.74, 6) is 1.98. The van der Waals surface area contributed by atoms with Gasteiger partial charge in [0.25, 0.3) is 0 Å². The predicted octanol–water partition coefficient (Wildman–Crippen LogP) is 15.6. The van der Waals surface area contributed by atoms with Crippen molar-refractivity contribution in [1.82, 2.24) is 19.5 Å². The topological polar surface area (TPSA) is 56.7 Å². The lowest BCUT2D eigenvalue weighted by Gasteiger charge is -2.21. The highest BCUT2D eigenvalue weighted by Gasteiger charge is 2.36. The molecule has 65 heavy (non-hydrogen) atoms. The lowest BCUT2D eigenvalue weighted by molar-refractivity contribution is 0.661. The molecule has 13 rings (SSSR count). The Labute approximate surface area is 376 Å². The number of benzene rings is 8. The third kappa shape index (κ3) is 5.89. The molecule has 0 amide bonds. The van der Waals surface area contributed by atoms with E-state index in [4.69, 9.17) is 19.4 Å². The van der Waals surface area contributed by atoms with Crippen LogP contribution in [0.2, 0.25) is 0 Å². The van der Waals surface area contributed by atoms with Crippen LogP contribution >= 0.6 is 0 Å². The molecule has 0 spiro atoms. The fraction of sp³-hybridized carbons (Fsp3) is 0.0833. The van der Waals surface area contributed by atoms with Gasteiger partial charge in [-0.25, -0.2) is 15.0 Å². The van der Waals surface area contributed by atoms with Crippen LogP contribution in [0.5, 0.6) is 0 Å². The van der Waals surface area contributed by atoms with Crippen molar-refractivity contribution >= 4 is 49.3 Å². The van der Waals surface area contributed by atoms with Crippen molar-refractivity contribution in [2.24, 2.45) is 0 Å². The summed E-state index contributed by atoms with van der Waals surface area (Å²) in [6.45, 7) is 4.71. The van der Waals surface area contributed by atoms with E-state index in [2.05, 4.69) is 182 Å². The molecule has 0 aliphatic heterocycles. The molecule has 2 aliphatic carbocycles. The summed E-state index contributed by atoms with van der Waals surface area (Å²) in [7, 11) is 0. The van der Waals surface area contributed by atoms with Gasteiger partial charge in [0.15, 0.2) is 17.5 Å². The number of aromatic nitrogens is 4. The van der Waals surface area contributed by atoms with Gasteiger partial charge in [0.1, 0.15) is 11.2 Å². The van der Waals surface area contributed by atoms with Crippen molar-refractivity contribution in [3.8, 4) is 61.8 Å². The van der Waals surface area contributed by atoms with Crippen LogP contribution in [0.25, 0.3) is 111 Å². The first-order valence-electron chi connectivity index (χ1n) is 22.5. The van der Waals surface area contributed by atoms with Crippen molar-refractivity contribution < 1.29 is 4.42 Å². The summed E-state index contributed by atoms with van der Waals surface area (Å²) in [4.78, 5) is 15.0. The maximum atomic E-state index is 7.08. The van der Waals surface area contributed by atoms with Gasteiger partial charge in [-0.3, -0.25) is 0 Å². The number of hydrogen-bond acceptors (Lipinski definition) is 4. The van der Waals surface area contributed by atoms with E-state index in [1.165, 1.54) is 44.1 Å². The van der Waals surface area contributed by atoms with E-state index in [1.54, 1.807) is 0 Å². The summed E-state index contributed by atoms with van der Waals surface area (Å²) in [5, 5.41) is 4.62. The first-order valence-corrected chi connectivity index (χ1v) is 22.5. The highest BCUT2D eigenvalue weighted by Crippen LogP contribution is 2.51. The van der Waals surface area contributed by atoms with Crippen LogP contribution in [-0.2, 0) is 5.41 Å².